The minimum Gasteiger partial charge on any atom is -1.00 e. The summed E-state index contributed by atoms with van der Waals surface area (Å²) in [4.78, 5) is 0. The molecule has 0 N–H and O–H groups in total. The third-order valence-corrected chi connectivity index (χ3v) is 2.05. The summed E-state index contributed by atoms with van der Waals surface area (Å²) < 4.78 is 2.25. The predicted octanol–water partition coefficient (Wildman–Crippen LogP) is -0.442. The van der Waals surface area contributed by atoms with Gasteiger partial charge in [0.15, 0.2) is 12.4 Å². The quantitative estimate of drug-likeness (QED) is 0.393. The fraction of sp³-hybridized carbons (Fsp3) is 0.545. The molecule has 0 saturated carbocycles. The number of pyridine rings is 1. The van der Waals surface area contributed by atoms with Crippen LogP contribution in [0, 0.1) is 0 Å². The standard InChI is InChI=1S/C11H18N.HI/c1-2-3-4-6-9-12-10-7-5-8-11-12;/h5,7-8,10-11H,2-4,6,9H2,1H3;1H/q+1;/p-1. The van der Waals surface area contributed by atoms with Crippen molar-refractivity contribution in [3.05, 3.63) is 30.6 Å². The van der Waals surface area contributed by atoms with Gasteiger partial charge in [-0.3, -0.25) is 0 Å². The van der Waals surface area contributed by atoms with E-state index in [1.807, 2.05) is 0 Å². The second kappa shape index (κ2) is 8.48. The molecule has 1 aromatic heterocycles. The van der Waals surface area contributed by atoms with E-state index < -0.39 is 0 Å². The number of unbranched alkanes of at least 4 members (excludes halogenated alkanes) is 3. The van der Waals surface area contributed by atoms with E-state index in [0.717, 1.165) is 0 Å². The largest absolute Gasteiger partial charge is 1.00 e. The van der Waals surface area contributed by atoms with Crippen LogP contribution in [-0.2, 0) is 6.54 Å². The van der Waals surface area contributed by atoms with E-state index in [1.165, 1.54) is 32.2 Å². The van der Waals surface area contributed by atoms with Gasteiger partial charge >= 0.3 is 0 Å². The number of aryl methyl sites for hydroxylation is 1. The van der Waals surface area contributed by atoms with Gasteiger partial charge in [-0.25, -0.2) is 4.57 Å². The Balaban J connectivity index is 0.00000144. The zero-order valence-corrected chi connectivity index (χ0v) is 10.4. The molecule has 0 amide bonds. The van der Waals surface area contributed by atoms with Gasteiger partial charge in [0.25, 0.3) is 0 Å². The Bertz CT molecular complexity index is 199. The van der Waals surface area contributed by atoms with Crippen LogP contribution in [0.4, 0.5) is 0 Å². The van der Waals surface area contributed by atoms with Gasteiger partial charge in [-0.1, -0.05) is 25.8 Å². The Morgan fingerprint density at radius 2 is 1.62 bits per heavy atom. The third-order valence-electron chi connectivity index (χ3n) is 2.05. The van der Waals surface area contributed by atoms with Gasteiger partial charge in [-0.2, -0.15) is 0 Å². The van der Waals surface area contributed by atoms with Crippen molar-refractivity contribution in [3.8, 4) is 0 Å². The van der Waals surface area contributed by atoms with Gasteiger partial charge < -0.3 is 24.0 Å². The highest BCUT2D eigenvalue weighted by molar-refractivity contribution is 4.83. The van der Waals surface area contributed by atoms with Gasteiger partial charge in [0.1, 0.15) is 6.54 Å². The normalized spacial score (nSPS) is 9.31. The summed E-state index contributed by atoms with van der Waals surface area (Å²) in [6.45, 7) is 3.41. The van der Waals surface area contributed by atoms with Crippen LogP contribution in [0.5, 0.6) is 0 Å². The third kappa shape index (κ3) is 6.02. The lowest BCUT2D eigenvalue weighted by molar-refractivity contribution is -0.697. The molecule has 0 aliphatic heterocycles. The van der Waals surface area contributed by atoms with Crippen LogP contribution in [-0.4, -0.2) is 0 Å². The first kappa shape index (κ1) is 12.9. The summed E-state index contributed by atoms with van der Waals surface area (Å²) in [5.74, 6) is 0. The lowest BCUT2D eigenvalue weighted by Gasteiger charge is -1.95. The van der Waals surface area contributed by atoms with Crippen molar-refractivity contribution in [3.63, 3.8) is 0 Å². The van der Waals surface area contributed by atoms with Crippen molar-refractivity contribution in [2.75, 3.05) is 0 Å². The molecule has 1 aromatic rings. The molecular formula is C11H18IN. The van der Waals surface area contributed by atoms with E-state index in [1.54, 1.807) is 0 Å². The van der Waals surface area contributed by atoms with Crippen molar-refractivity contribution in [2.24, 2.45) is 0 Å². The van der Waals surface area contributed by atoms with Crippen LogP contribution < -0.4 is 28.5 Å². The van der Waals surface area contributed by atoms with E-state index in [-0.39, 0.29) is 24.0 Å². The summed E-state index contributed by atoms with van der Waals surface area (Å²) in [7, 11) is 0. The average Bonchev–Trinajstić information content (AvgIpc) is 2.14. The molecule has 13 heavy (non-hydrogen) atoms. The van der Waals surface area contributed by atoms with E-state index in [2.05, 4.69) is 42.1 Å². The molecule has 0 aromatic carbocycles. The van der Waals surface area contributed by atoms with Crippen LogP contribution in [0.15, 0.2) is 30.6 Å². The number of rotatable bonds is 5. The van der Waals surface area contributed by atoms with Crippen molar-refractivity contribution in [1.29, 1.82) is 0 Å². The Hall–Kier alpha value is -0.120. The molecule has 0 atom stereocenters. The van der Waals surface area contributed by atoms with Gasteiger partial charge in [-0.15, -0.1) is 0 Å². The zero-order valence-electron chi connectivity index (χ0n) is 8.25. The van der Waals surface area contributed by atoms with Crippen LogP contribution >= 0.6 is 0 Å². The van der Waals surface area contributed by atoms with Crippen molar-refractivity contribution >= 4 is 0 Å². The minimum atomic E-state index is 0. The molecule has 1 nitrogen and oxygen atoms in total. The molecule has 0 saturated heterocycles. The summed E-state index contributed by atoms with van der Waals surface area (Å²) in [5.41, 5.74) is 0. The molecule has 74 valence electrons. The molecule has 0 fully saturated rings. The summed E-state index contributed by atoms with van der Waals surface area (Å²) in [6, 6.07) is 6.22. The Morgan fingerprint density at radius 3 is 2.23 bits per heavy atom. The number of hydrogen-bond donors (Lipinski definition) is 0. The average molecular weight is 291 g/mol. The topological polar surface area (TPSA) is 3.88 Å². The maximum absolute atomic E-state index is 2.25. The van der Waals surface area contributed by atoms with E-state index >= 15 is 0 Å². The highest BCUT2D eigenvalue weighted by Crippen LogP contribution is 1.97. The van der Waals surface area contributed by atoms with Gasteiger partial charge in [-0.05, 0) is 6.42 Å². The van der Waals surface area contributed by atoms with Crippen molar-refractivity contribution in [2.45, 2.75) is 39.2 Å². The van der Waals surface area contributed by atoms with Crippen LogP contribution in [0.25, 0.3) is 0 Å². The summed E-state index contributed by atoms with van der Waals surface area (Å²) >= 11 is 0. The number of hydrogen-bond acceptors (Lipinski definition) is 0. The number of halogens is 1. The summed E-state index contributed by atoms with van der Waals surface area (Å²) in [5, 5.41) is 0. The van der Waals surface area contributed by atoms with Crippen molar-refractivity contribution < 1.29 is 28.5 Å². The van der Waals surface area contributed by atoms with Crippen LogP contribution in [0.1, 0.15) is 32.6 Å². The van der Waals surface area contributed by atoms with Crippen molar-refractivity contribution in [1.82, 2.24) is 0 Å². The fourth-order valence-electron chi connectivity index (χ4n) is 1.30. The number of nitrogens with zero attached hydrogens (tertiary/aromatic N) is 1. The highest BCUT2D eigenvalue weighted by Gasteiger charge is 1.95. The second-order valence-corrected chi connectivity index (χ2v) is 3.17. The van der Waals surface area contributed by atoms with Gasteiger partial charge in [0, 0.05) is 18.6 Å². The first-order chi connectivity index (χ1) is 5.93. The van der Waals surface area contributed by atoms with Crippen LogP contribution in [0.2, 0.25) is 0 Å². The Morgan fingerprint density at radius 1 is 0.923 bits per heavy atom. The first-order valence-corrected chi connectivity index (χ1v) is 4.87. The smallest absolute Gasteiger partial charge is 0.168 e. The lowest BCUT2D eigenvalue weighted by Crippen LogP contribution is -3.00. The molecule has 0 bridgehead atoms. The molecule has 0 aliphatic rings. The summed E-state index contributed by atoms with van der Waals surface area (Å²) in [6.07, 6.45) is 9.62. The fourth-order valence-corrected chi connectivity index (χ4v) is 1.30. The van der Waals surface area contributed by atoms with Gasteiger partial charge in [0.2, 0.25) is 0 Å². The predicted molar refractivity (Wildman–Crippen MR) is 50.8 cm³/mol. The molecule has 1 heterocycles. The molecule has 1 rings (SSSR count). The zero-order chi connectivity index (χ0) is 8.65. The molecule has 2 heteroatoms. The SMILES string of the molecule is CCCCCC[n+]1ccccc1.[I-]. The molecular weight excluding hydrogens is 273 g/mol. The van der Waals surface area contributed by atoms with Gasteiger partial charge in [0.05, 0.1) is 0 Å². The Labute approximate surface area is 98.2 Å². The monoisotopic (exact) mass is 291 g/mol. The lowest BCUT2D eigenvalue weighted by atomic mass is 10.2. The number of aromatic nitrogens is 1. The molecule has 0 spiro atoms. The maximum atomic E-state index is 2.25. The maximum Gasteiger partial charge on any atom is 0.168 e. The van der Waals surface area contributed by atoms with E-state index in [0.29, 0.717) is 0 Å². The molecule has 0 radical (unpaired) electrons. The molecule has 0 unspecified atom stereocenters. The van der Waals surface area contributed by atoms with E-state index in [9.17, 15) is 0 Å². The molecule has 0 aliphatic carbocycles. The highest BCUT2D eigenvalue weighted by atomic mass is 127. The first-order valence-electron chi connectivity index (χ1n) is 4.87. The Kier molecular flexibility index (Phi) is 8.40. The second-order valence-electron chi connectivity index (χ2n) is 3.17. The van der Waals surface area contributed by atoms with E-state index in [4.69, 9.17) is 0 Å². The minimum absolute atomic E-state index is 0. The van der Waals surface area contributed by atoms with Crippen LogP contribution in [0.3, 0.4) is 0 Å².